The van der Waals surface area contributed by atoms with Crippen molar-refractivity contribution in [3.63, 3.8) is 0 Å². The van der Waals surface area contributed by atoms with Gasteiger partial charge < -0.3 is 15.3 Å². The lowest BCUT2D eigenvalue weighted by Crippen LogP contribution is -1.85. The molecule has 0 saturated heterocycles. The number of rotatable bonds is 5. The lowest BCUT2D eigenvalue weighted by atomic mass is 10.2. The highest BCUT2D eigenvalue weighted by atomic mass is 16.3. The molecule has 0 amide bonds. The van der Waals surface area contributed by atoms with Crippen LogP contribution in [0.1, 0.15) is 32.6 Å². The quantitative estimate of drug-likeness (QED) is 0.519. The zero-order valence-electron chi connectivity index (χ0n) is 7.29. The van der Waals surface area contributed by atoms with Crippen LogP contribution in [-0.4, -0.2) is 35.1 Å². The summed E-state index contributed by atoms with van der Waals surface area (Å²) in [6, 6.07) is 0. The third-order valence-electron chi connectivity index (χ3n) is 1.07. The van der Waals surface area contributed by atoms with Gasteiger partial charge in [0.25, 0.3) is 0 Å². The highest BCUT2D eigenvalue weighted by Crippen LogP contribution is 1.96. The van der Waals surface area contributed by atoms with Gasteiger partial charge in [0, 0.05) is 19.8 Å². The lowest BCUT2D eigenvalue weighted by Gasteiger charge is -1.93. The van der Waals surface area contributed by atoms with Crippen LogP contribution in [0.25, 0.3) is 0 Å². The van der Waals surface area contributed by atoms with Crippen molar-refractivity contribution in [1.82, 2.24) is 0 Å². The van der Waals surface area contributed by atoms with E-state index in [-0.39, 0.29) is 19.8 Å². The zero-order valence-corrected chi connectivity index (χ0v) is 7.29. The van der Waals surface area contributed by atoms with Gasteiger partial charge in [-0.1, -0.05) is 12.8 Å². The predicted molar refractivity (Wildman–Crippen MR) is 45.4 cm³/mol. The molecule has 0 unspecified atom stereocenters. The second-order valence-corrected chi connectivity index (χ2v) is 2.18. The Morgan fingerprint density at radius 1 is 0.727 bits per heavy atom. The van der Waals surface area contributed by atoms with Crippen LogP contribution in [0.5, 0.6) is 0 Å². The van der Waals surface area contributed by atoms with Crippen molar-refractivity contribution in [3.8, 4) is 0 Å². The molecule has 0 rings (SSSR count). The van der Waals surface area contributed by atoms with E-state index in [1.165, 1.54) is 0 Å². The molecule has 3 nitrogen and oxygen atoms in total. The van der Waals surface area contributed by atoms with Gasteiger partial charge in [0.1, 0.15) is 0 Å². The molecule has 0 aromatic heterocycles. The van der Waals surface area contributed by atoms with Crippen molar-refractivity contribution in [2.75, 3.05) is 19.8 Å². The predicted octanol–water partition coefficient (Wildman–Crippen LogP) is 0.530. The molecule has 70 valence electrons. The Bertz CT molecular complexity index is 42.6. The average Bonchev–Trinajstić information content (AvgIpc) is 2.00. The molecule has 0 atom stereocenters. The average molecular weight is 164 g/mol. The fourth-order valence-corrected chi connectivity index (χ4v) is 0.577. The van der Waals surface area contributed by atoms with Crippen LogP contribution in [0.15, 0.2) is 0 Å². The third kappa shape index (κ3) is 25.8. The van der Waals surface area contributed by atoms with Gasteiger partial charge in [-0.15, -0.1) is 0 Å². The number of unbranched alkanes of at least 4 members (excludes halogenated alkanes) is 3. The van der Waals surface area contributed by atoms with Crippen molar-refractivity contribution >= 4 is 0 Å². The fraction of sp³-hybridized carbons (Fsp3) is 1.00. The number of aliphatic hydroxyl groups excluding tert-OH is 3. The summed E-state index contributed by atoms with van der Waals surface area (Å²) in [5, 5.41) is 24.2. The molecule has 0 aromatic carbocycles. The minimum absolute atomic E-state index is 0.250. The second kappa shape index (κ2) is 16.5. The van der Waals surface area contributed by atoms with Crippen LogP contribution < -0.4 is 0 Å². The molecule has 0 spiro atoms. The summed E-state index contributed by atoms with van der Waals surface area (Å²) in [4.78, 5) is 0. The molecule has 3 N–H and O–H groups in total. The lowest BCUT2D eigenvalue weighted by molar-refractivity contribution is 0.265. The Morgan fingerprint density at radius 2 is 1.00 bits per heavy atom. The van der Waals surface area contributed by atoms with Crippen molar-refractivity contribution in [2.45, 2.75) is 32.6 Å². The van der Waals surface area contributed by atoms with Gasteiger partial charge in [0.2, 0.25) is 0 Å². The maximum absolute atomic E-state index is 8.30. The molecule has 0 fully saturated rings. The second-order valence-electron chi connectivity index (χ2n) is 2.18. The molecule has 0 aliphatic heterocycles. The van der Waals surface area contributed by atoms with E-state index in [0.29, 0.717) is 0 Å². The summed E-state index contributed by atoms with van der Waals surface area (Å²) in [6.45, 7) is 2.50. The summed E-state index contributed by atoms with van der Waals surface area (Å²) < 4.78 is 0. The Kier molecular flexibility index (Phi) is 20.2. The summed E-state index contributed by atoms with van der Waals surface area (Å²) in [5.74, 6) is 0. The Morgan fingerprint density at radius 3 is 1.18 bits per heavy atom. The van der Waals surface area contributed by atoms with E-state index >= 15 is 0 Å². The summed E-state index contributed by atoms with van der Waals surface area (Å²) in [7, 11) is 0. The molecule has 0 radical (unpaired) electrons. The SMILES string of the molecule is CCO.OCCCCCCO. The molecule has 0 heterocycles. The number of aliphatic hydroxyl groups is 3. The van der Waals surface area contributed by atoms with Gasteiger partial charge in [0.15, 0.2) is 0 Å². The first-order chi connectivity index (χ1) is 5.33. The highest BCUT2D eigenvalue weighted by Gasteiger charge is 1.84. The van der Waals surface area contributed by atoms with Gasteiger partial charge in [0.05, 0.1) is 0 Å². The maximum Gasteiger partial charge on any atom is 0.0431 e. The minimum atomic E-state index is 0.250. The minimum Gasteiger partial charge on any atom is -0.397 e. The highest BCUT2D eigenvalue weighted by molar-refractivity contribution is 4.39. The third-order valence-corrected chi connectivity index (χ3v) is 1.07. The maximum atomic E-state index is 8.30. The molecule has 0 aromatic rings. The van der Waals surface area contributed by atoms with Gasteiger partial charge in [-0.05, 0) is 19.8 Å². The van der Waals surface area contributed by atoms with E-state index in [1.54, 1.807) is 6.92 Å². The molecule has 0 aliphatic rings. The Balaban J connectivity index is 0. The van der Waals surface area contributed by atoms with Crippen LogP contribution in [0, 0.1) is 0 Å². The van der Waals surface area contributed by atoms with Crippen molar-refractivity contribution in [3.05, 3.63) is 0 Å². The molecular formula is C8H20O3. The Labute approximate surface area is 68.7 Å². The number of hydrogen-bond acceptors (Lipinski definition) is 3. The van der Waals surface area contributed by atoms with Crippen LogP contribution in [0.2, 0.25) is 0 Å². The van der Waals surface area contributed by atoms with Crippen LogP contribution in [0.4, 0.5) is 0 Å². The monoisotopic (exact) mass is 164 g/mol. The van der Waals surface area contributed by atoms with Gasteiger partial charge >= 0.3 is 0 Å². The largest absolute Gasteiger partial charge is 0.397 e. The van der Waals surface area contributed by atoms with Crippen LogP contribution in [-0.2, 0) is 0 Å². The van der Waals surface area contributed by atoms with E-state index in [9.17, 15) is 0 Å². The van der Waals surface area contributed by atoms with Crippen LogP contribution >= 0.6 is 0 Å². The van der Waals surface area contributed by atoms with E-state index in [1.807, 2.05) is 0 Å². The first-order valence-electron chi connectivity index (χ1n) is 4.16. The van der Waals surface area contributed by atoms with Crippen molar-refractivity contribution in [1.29, 1.82) is 0 Å². The Hall–Kier alpha value is -0.120. The zero-order chi connectivity index (χ0) is 8.95. The first kappa shape index (κ1) is 13.5. The smallest absolute Gasteiger partial charge is 0.0431 e. The van der Waals surface area contributed by atoms with Gasteiger partial charge in [-0.3, -0.25) is 0 Å². The summed E-state index contributed by atoms with van der Waals surface area (Å²) in [6.07, 6.45) is 3.83. The fourth-order valence-electron chi connectivity index (χ4n) is 0.577. The molecular weight excluding hydrogens is 144 g/mol. The molecule has 0 aliphatic carbocycles. The van der Waals surface area contributed by atoms with Gasteiger partial charge in [-0.2, -0.15) is 0 Å². The van der Waals surface area contributed by atoms with E-state index < -0.39 is 0 Å². The molecule has 0 bridgehead atoms. The van der Waals surface area contributed by atoms with E-state index in [4.69, 9.17) is 15.3 Å². The number of hydrogen-bond donors (Lipinski definition) is 3. The van der Waals surface area contributed by atoms with Crippen molar-refractivity contribution < 1.29 is 15.3 Å². The first-order valence-corrected chi connectivity index (χ1v) is 4.16. The van der Waals surface area contributed by atoms with Crippen LogP contribution in [0.3, 0.4) is 0 Å². The normalized spacial score (nSPS) is 8.73. The standard InChI is InChI=1S/C6H14O2.C2H6O/c7-5-3-1-2-4-6-8;1-2-3/h7-8H,1-6H2;3H,2H2,1H3. The summed E-state index contributed by atoms with van der Waals surface area (Å²) in [5.41, 5.74) is 0. The van der Waals surface area contributed by atoms with Gasteiger partial charge in [-0.25, -0.2) is 0 Å². The summed E-state index contributed by atoms with van der Waals surface area (Å²) >= 11 is 0. The van der Waals surface area contributed by atoms with Crippen molar-refractivity contribution in [2.24, 2.45) is 0 Å². The van der Waals surface area contributed by atoms with E-state index in [2.05, 4.69) is 0 Å². The molecule has 0 saturated carbocycles. The molecule has 3 heteroatoms. The van der Waals surface area contributed by atoms with E-state index in [0.717, 1.165) is 25.7 Å². The molecule has 11 heavy (non-hydrogen) atoms. The topological polar surface area (TPSA) is 60.7 Å².